The molecule has 0 amide bonds. The molecule has 0 bridgehead atoms. The average Bonchev–Trinajstić information content (AvgIpc) is 1.98. The van der Waals surface area contributed by atoms with Crippen LogP contribution in [0.1, 0.15) is 33.6 Å². The second-order valence-electron chi connectivity index (χ2n) is 2.66. The summed E-state index contributed by atoms with van der Waals surface area (Å²) in [6.07, 6.45) is 1.95. The van der Waals surface area contributed by atoms with E-state index in [2.05, 4.69) is 0 Å². The normalized spacial score (nSPS) is 9.85. The summed E-state index contributed by atoms with van der Waals surface area (Å²) >= 11 is -2.34. The van der Waals surface area contributed by atoms with Crippen molar-refractivity contribution in [3.05, 3.63) is 0 Å². The minimum absolute atomic E-state index is 0.354. The Balaban J connectivity index is 3.87. The molecule has 0 aliphatic heterocycles. The SMILES string of the molecule is CCC[CH2][Ge]([O]C(C)=O)[O]C(C)=O. The maximum atomic E-state index is 10.6. The molecule has 0 fully saturated rings. The third kappa shape index (κ3) is 7.83. The van der Waals surface area contributed by atoms with E-state index >= 15 is 0 Å². The second-order valence-corrected chi connectivity index (χ2v) is 6.13. The van der Waals surface area contributed by atoms with E-state index in [0.717, 1.165) is 18.1 Å². The Labute approximate surface area is 83.4 Å². The standard InChI is InChI=1S/C8H15GeO4/c1-4-5-6-9(12-7(2)10)13-8(3)11/h4-6H2,1-3H3. The zero-order valence-corrected chi connectivity index (χ0v) is 10.4. The summed E-state index contributed by atoms with van der Waals surface area (Å²) in [7, 11) is 0. The van der Waals surface area contributed by atoms with Gasteiger partial charge in [-0.2, -0.15) is 0 Å². The van der Waals surface area contributed by atoms with E-state index in [0.29, 0.717) is 0 Å². The van der Waals surface area contributed by atoms with Crippen molar-refractivity contribution in [3.63, 3.8) is 0 Å². The molecule has 0 aliphatic carbocycles. The Morgan fingerprint density at radius 2 is 1.62 bits per heavy atom. The van der Waals surface area contributed by atoms with E-state index in [4.69, 9.17) is 7.53 Å². The van der Waals surface area contributed by atoms with Crippen molar-refractivity contribution in [2.75, 3.05) is 0 Å². The van der Waals surface area contributed by atoms with Crippen LogP contribution in [0.15, 0.2) is 0 Å². The molecule has 4 nitrogen and oxygen atoms in total. The molecule has 5 heteroatoms. The van der Waals surface area contributed by atoms with Crippen LogP contribution in [0.2, 0.25) is 5.25 Å². The average molecular weight is 248 g/mol. The molecule has 0 aliphatic rings. The van der Waals surface area contributed by atoms with Crippen LogP contribution in [0.4, 0.5) is 0 Å². The minimum atomic E-state index is -2.34. The van der Waals surface area contributed by atoms with Gasteiger partial charge in [-0.3, -0.25) is 0 Å². The van der Waals surface area contributed by atoms with Gasteiger partial charge in [0.1, 0.15) is 0 Å². The van der Waals surface area contributed by atoms with Crippen LogP contribution < -0.4 is 0 Å². The summed E-state index contributed by atoms with van der Waals surface area (Å²) in [5, 5.41) is 0.732. The van der Waals surface area contributed by atoms with Gasteiger partial charge in [-0.25, -0.2) is 0 Å². The van der Waals surface area contributed by atoms with Gasteiger partial charge in [0.05, 0.1) is 0 Å². The number of hydrogen-bond donors (Lipinski definition) is 0. The molecule has 0 aromatic heterocycles. The molecule has 0 rings (SSSR count). The van der Waals surface area contributed by atoms with Gasteiger partial charge in [0.25, 0.3) is 0 Å². The molecule has 0 aromatic rings. The van der Waals surface area contributed by atoms with Gasteiger partial charge in [-0.1, -0.05) is 0 Å². The number of rotatable bonds is 5. The van der Waals surface area contributed by atoms with Crippen molar-refractivity contribution in [3.8, 4) is 0 Å². The first-order valence-corrected chi connectivity index (χ1v) is 7.48. The first-order valence-electron chi connectivity index (χ1n) is 4.29. The zero-order chi connectivity index (χ0) is 10.3. The molecule has 0 saturated heterocycles. The van der Waals surface area contributed by atoms with Gasteiger partial charge < -0.3 is 0 Å². The van der Waals surface area contributed by atoms with Crippen molar-refractivity contribution < 1.29 is 17.1 Å². The van der Waals surface area contributed by atoms with Crippen LogP contribution in [0.25, 0.3) is 0 Å². The van der Waals surface area contributed by atoms with Crippen molar-refractivity contribution >= 4 is 27.0 Å². The molecular formula is C8H15GeO4. The molecule has 0 atom stereocenters. The molecule has 0 saturated carbocycles. The van der Waals surface area contributed by atoms with E-state index < -0.39 is 15.0 Å². The topological polar surface area (TPSA) is 52.6 Å². The molecule has 0 spiro atoms. The van der Waals surface area contributed by atoms with Gasteiger partial charge in [0.2, 0.25) is 0 Å². The Bertz CT molecular complexity index is 165. The van der Waals surface area contributed by atoms with Crippen molar-refractivity contribution in [2.24, 2.45) is 0 Å². The van der Waals surface area contributed by atoms with Gasteiger partial charge in [0, 0.05) is 0 Å². The van der Waals surface area contributed by atoms with Crippen molar-refractivity contribution in [2.45, 2.75) is 38.9 Å². The quantitative estimate of drug-likeness (QED) is 0.690. The Hall–Kier alpha value is -0.517. The molecule has 0 aromatic carbocycles. The fourth-order valence-corrected chi connectivity index (χ4v) is 3.97. The second kappa shape index (κ2) is 6.94. The van der Waals surface area contributed by atoms with Gasteiger partial charge in [0.15, 0.2) is 0 Å². The Kier molecular flexibility index (Phi) is 6.67. The van der Waals surface area contributed by atoms with E-state index in [9.17, 15) is 9.59 Å². The molecule has 75 valence electrons. The molecule has 0 N–H and O–H groups in total. The fraction of sp³-hybridized carbons (Fsp3) is 0.750. The van der Waals surface area contributed by atoms with Crippen molar-refractivity contribution in [1.29, 1.82) is 0 Å². The zero-order valence-electron chi connectivity index (χ0n) is 8.25. The monoisotopic (exact) mass is 249 g/mol. The van der Waals surface area contributed by atoms with E-state index in [1.165, 1.54) is 13.8 Å². The number of unbranched alkanes of at least 4 members (excludes halogenated alkanes) is 1. The van der Waals surface area contributed by atoms with Crippen LogP contribution in [-0.4, -0.2) is 27.0 Å². The van der Waals surface area contributed by atoms with Gasteiger partial charge >= 0.3 is 82.9 Å². The van der Waals surface area contributed by atoms with E-state index in [1.54, 1.807) is 0 Å². The summed E-state index contributed by atoms with van der Waals surface area (Å²) in [6, 6.07) is 0. The molecule has 13 heavy (non-hydrogen) atoms. The number of carbonyl (C=O) groups excluding carboxylic acids is 2. The summed E-state index contributed by atoms with van der Waals surface area (Å²) in [6.45, 7) is 4.71. The van der Waals surface area contributed by atoms with Crippen molar-refractivity contribution in [1.82, 2.24) is 0 Å². The summed E-state index contributed by atoms with van der Waals surface area (Å²) < 4.78 is 9.90. The number of carbonyl (C=O) groups is 2. The third-order valence-corrected chi connectivity index (χ3v) is 5.01. The summed E-state index contributed by atoms with van der Waals surface area (Å²) in [4.78, 5) is 21.3. The molecule has 0 unspecified atom stereocenters. The maximum absolute atomic E-state index is 10.6. The first-order chi connectivity index (χ1) is 6.06. The van der Waals surface area contributed by atoms with Gasteiger partial charge in [-0.15, -0.1) is 0 Å². The van der Waals surface area contributed by atoms with Gasteiger partial charge in [-0.05, 0) is 0 Å². The van der Waals surface area contributed by atoms with E-state index in [-0.39, 0.29) is 11.9 Å². The van der Waals surface area contributed by atoms with Crippen LogP contribution in [-0.2, 0) is 17.1 Å². The molecular weight excluding hydrogens is 233 g/mol. The summed E-state index contributed by atoms with van der Waals surface area (Å²) in [5.41, 5.74) is 0. The number of hydrogen-bond acceptors (Lipinski definition) is 4. The Morgan fingerprint density at radius 1 is 1.15 bits per heavy atom. The molecule has 0 heterocycles. The predicted octanol–water partition coefficient (Wildman–Crippen LogP) is 1.40. The van der Waals surface area contributed by atoms with Crippen LogP contribution in [0.3, 0.4) is 0 Å². The third-order valence-electron chi connectivity index (χ3n) is 1.25. The molecule has 1 radical (unpaired) electrons. The van der Waals surface area contributed by atoms with Crippen LogP contribution >= 0.6 is 0 Å². The summed E-state index contributed by atoms with van der Waals surface area (Å²) in [5.74, 6) is -0.709. The first kappa shape index (κ1) is 12.5. The van der Waals surface area contributed by atoms with Crippen LogP contribution in [0, 0.1) is 0 Å². The van der Waals surface area contributed by atoms with Crippen LogP contribution in [0.5, 0.6) is 0 Å². The Morgan fingerprint density at radius 3 is 1.92 bits per heavy atom. The van der Waals surface area contributed by atoms with E-state index in [1.807, 2.05) is 6.92 Å². The predicted molar refractivity (Wildman–Crippen MR) is 49.0 cm³/mol. The fourth-order valence-electron chi connectivity index (χ4n) is 0.765.